The fourth-order valence-electron chi connectivity index (χ4n) is 4.41. The molecule has 5 rings (SSSR count). The van der Waals surface area contributed by atoms with Crippen molar-refractivity contribution in [2.75, 3.05) is 36.1 Å². The summed E-state index contributed by atoms with van der Waals surface area (Å²) < 4.78 is 5.48. The Hall–Kier alpha value is -3.18. The lowest BCUT2D eigenvalue weighted by Gasteiger charge is -2.32. The number of ether oxygens (including phenoxy) is 1. The summed E-state index contributed by atoms with van der Waals surface area (Å²) >= 11 is 0. The molecule has 0 bridgehead atoms. The Kier molecular flexibility index (Phi) is 4.32. The van der Waals surface area contributed by atoms with Crippen molar-refractivity contribution in [3.63, 3.8) is 0 Å². The van der Waals surface area contributed by atoms with Crippen molar-refractivity contribution in [2.45, 2.75) is 13.3 Å². The van der Waals surface area contributed by atoms with Gasteiger partial charge in [-0.1, -0.05) is 37.3 Å². The molecular formula is C24H22N2O3. The molecule has 0 saturated carbocycles. The number of carbonyl (C=O) groups is 2. The number of carbonyl (C=O) groups excluding carboxylic acids is 2. The largest absolute Gasteiger partial charge is 0.378 e. The van der Waals surface area contributed by atoms with E-state index in [-0.39, 0.29) is 11.8 Å². The van der Waals surface area contributed by atoms with Gasteiger partial charge in [0.15, 0.2) is 0 Å². The Morgan fingerprint density at radius 3 is 2.31 bits per heavy atom. The van der Waals surface area contributed by atoms with Crippen LogP contribution in [-0.2, 0) is 11.2 Å². The zero-order valence-corrected chi connectivity index (χ0v) is 16.4. The number of para-hydroxylation sites is 1. The van der Waals surface area contributed by atoms with Gasteiger partial charge in [-0.05, 0) is 36.2 Å². The standard InChI is InChI=1S/C24H22N2O3/c1-2-16-6-3-4-9-20(16)26-23(27)18-8-5-7-17-21(25-12-14-29-15-13-25)11-10-19(22(17)18)24(26)28/h3-11H,2,12-15H2,1H3. The third-order valence-electron chi connectivity index (χ3n) is 5.85. The van der Waals surface area contributed by atoms with E-state index in [4.69, 9.17) is 4.74 Å². The van der Waals surface area contributed by atoms with Gasteiger partial charge in [0.1, 0.15) is 0 Å². The Morgan fingerprint density at radius 2 is 1.55 bits per heavy atom. The van der Waals surface area contributed by atoms with Gasteiger partial charge < -0.3 is 9.64 Å². The topological polar surface area (TPSA) is 49.9 Å². The van der Waals surface area contributed by atoms with Crippen LogP contribution in [0.25, 0.3) is 10.8 Å². The number of anilines is 2. The zero-order valence-electron chi connectivity index (χ0n) is 16.4. The quantitative estimate of drug-likeness (QED) is 0.638. The SMILES string of the molecule is CCc1ccccc1N1C(=O)c2cccc3c(N4CCOCC4)ccc(c23)C1=O. The first-order valence-corrected chi connectivity index (χ1v) is 10.1. The highest BCUT2D eigenvalue weighted by Crippen LogP contribution is 2.38. The van der Waals surface area contributed by atoms with Crippen molar-refractivity contribution in [3.8, 4) is 0 Å². The fourth-order valence-corrected chi connectivity index (χ4v) is 4.41. The highest BCUT2D eigenvalue weighted by molar-refractivity contribution is 6.36. The lowest BCUT2D eigenvalue weighted by Crippen LogP contribution is -2.41. The van der Waals surface area contributed by atoms with E-state index in [1.807, 2.05) is 61.5 Å². The molecule has 5 nitrogen and oxygen atoms in total. The van der Waals surface area contributed by atoms with Crippen molar-refractivity contribution >= 4 is 34.0 Å². The van der Waals surface area contributed by atoms with Gasteiger partial charge in [-0.25, -0.2) is 4.90 Å². The molecule has 3 aromatic carbocycles. The number of hydrogen-bond acceptors (Lipinski definition) is 4. The molecule has 0 aliphatic carbocycles. The molecule has 0 spiro atoms. The Balaban J connectivity index is 1.69. The Morgan fingerprint density at radius 1 is 0.828 bits per heavy atom. The molecule has 1 saturated heterocycles. The second-order valence-corrected chi connectivity index (χ2v) is 7.39. The van der Waals surface area contributed by atoms with Crippen molar-refractivity contribution in [1.82, 2.24) is 0 Å². The molecule has 29 heavy (non-hydrogen) atoms. The molecular weight excluding hydrogens is 364 g/mol. The minimum Gasteiger partial charge on any atom is -0.378 e. The van der Waals surface area contributed by atoms with E-state index >= 15 is 0 Å². The molecule has 2 heterocycles. The molecule has 2 aliphatic heterocycles. The third-order valence-corrected chi connectivity index (χ3v) is 5.85. The van der Waals surface area contributed by atoms with Crippen LogP contribution < -0.4 is 9.80 Å². The van der Waals surface area contributed by atoms with E-state index in [2.05, 4.69) is 4.90 Å². The van der Waals surface area contributed by atoms with Gasteiger partial charge in [0.05, 0.1) is 18.9 Å². The normalized spacial score (nSPS) is 16.6. The second kappa shape index (κ2) is 7.01. The first-order chi connectivity index (χ1) is 14.2. The number of amides is 2. The van der Waals surface area contributed by atoms with Crippen molar-refractivity contribution in [3.05, 3.63) is 71.3 Å². The summed E-state index contributed by atoms with van der Waals surface area (Å²) in [6.45, 7) is 5.00. The molecule has 3 aromatic rings. The van der Waals surface area contributed by atoms with Crippen LogP contribution in [0.3, 0.4) is 0 Å². The van der Waals surface area contributed by atoms with Crippen LogP contribution in [-0.4, -0.2) is 38.1 Å². The van der Waals surface area contributed by atoms with Gasteiger partial charge in [0, 0.05) is 40.7 Å². The Labute approximate surface area is 169 Å². The highest BCUT2D eigenvalue weighted by Gasteiger charge is 2.35. The minimum atomic E-state index is -0.256. The van der Waals surface area contributed by atoms with E-state index in [9.17, 15) is 9.59 Å². The van der Waals surface area contributed by atoms with Crippen LogP contribution in [0, 0.1) is 0 Å². The molecule has 0 unspecified atom stereocenters. The number of benzene rings is 3. The predicted molar refractivity (Wildman–Crippen MR) is 114 cm³/mol. The number of aryl methyl sites for hydroxylation is 1. The maximum Gasteiger partial charge on any atom is 0.265 e. The molecule has 1 fully saturated rings. The van der Waals surface area contributed by atoms with E-state index < -0.39 is 0 Å². The van der Waals surface area contributed by atoms with Gasteiger partial charge in [-0.3, -0.25) is 9.59 Å². The summed E-state index contributed by atoms with van der Waals surface area (Å²) in [6.07, 6.45) is 0.750. The number of nitrogens with zero attached hydrogens (tertiary/aromatic N) is 2. The monoisotopic (exact) mass is 386 g/mol. The molecule has 0 aromatic heterocycles. The minimum absolute atomic E-state index is 0.256. The average Bonchev–Trinajstić information content (AvgIpc) is 2.78. The Bertz CT molecular complexity index is 1110. The van der Waals surface area contributed by atoms with Gasteiger partial charge >= 0.3 is 0 Å². The molecule has 0 radical (unpaired) electrons. The lowest BCUT2D eigenvalue weighted by atomic mass is 9.92. The summed E-state index contributed by atoms with van der Waals surface area (Å²) in [6, 6.07) is 17.2. The van der Waals surface area contributed by atoms with E-state index in [1.165, 1.54) is 4.90 Å². The van der Waals surface area contributed by atoms with Gasteiger partial charge in [0.2, 0.25) is 0 Å². The van der Waals surface area contributed by atoms with Crippen LogP contribution in [0.5, 0.6) is 0 Å². The summed E-state index contributed by atoms with van der Waals surface area (Å²) in [7, 11) is 0. The van der Waals surface area contributed by atoms with Gasteiger partial charge in [-0.15, -0.1) is 0 Å². The maximum atomic E-state index is 13.4. The van der Waals surface area contributed by atoms with Crippen molar-refractivity contribution < 1.29 is 14.3 Å². The van der Waals surface area contributed by atoms with Crippen LogP contribution in [0.2, 0.25) is 0 Å². The molecule has 2 aliphatic rings. The van der Waals surface area contributed by atoms with E-state index in [1.54, 1.807) is 0 Å². The van der Waals surface area contributed by atoms with E-state index in [0.717, 1.165) is 41.5 Å². The van der Waals surface area contributed by atoms with Gasteiger partial charge in [0.25, 0.3) is 11.8 Å². The molecule has 5 heteroatoms. The number of morpholine rings is 1. The summed E-state index contributed by atoms with van der Waals surface area (Å²) in [5, 5.41) is 1.71. The second-order valence-electron chi connectivity index (χ2n) is 7.39. The lowest BCUT2D eigenvalue weighted by molar-refractivity contribution is 0.0893. The van der Waals surface area contributed by atoms with Crippen LogP contribution in [0.15, 0.2) is 54.6 Å². The molecule has 2 amide bonds. The number of hydrogen-bond donors (Lipinski definition) is 0. The predicted octanol–water partition coefficient (Wildman–Crippen LogP) is 4.04. The average molecular weight is 386 g/mol. The summed E-state index contributed by atoms with van der Waals surface area (Å²) in [5.41, 5.74) is 3.87. The van der Waals surface area contributed by atoms with Crippen molar-refractivity contribution in [2.24, 2.45) is 0 Å². The molecule has 146 valence electrons. The zero-order chi connectivity index (χ0) is 20.0. The summed E-state index contributed by atoms with van der Waals surface area (Å²) in [5.74, 6) is -0.513. The van der Waals surface area contributed by atoms with Gasteiger partial charge in [-0.2, -0.15) is 0 Å². The maximum absolute atomic E-state index is 13.4. The third kappa shape index (κ3) is 2.73. The van der Waals surface area contributed by atoms with Crippen LogP contribution in [0.1, 0.15) is 33.2 Å². The molecule has 0 N–H and O–H groups in total. The number of rotatable bonds is 3. The fraction of sp³-hybridized carbons (Fsp3) is 0.250. The first-order valence-electron chi connectivity index (χ1n) is 10.1. The smallest absolute Gasteiger partial charge is 0.265 e. The highest BCUT2D eigenvalue weighted by atomic mass is 16.5. The summed E-state index contributed by atoms with van der Waals surface area (Å²) in [4.78, 5) is 30.5. The number of imide groups is 1. The first kappa shape index (κ1) is 17.9. The molecule has 0 atom stereocenters. The van der Waals surface area contributed by atoms with Crippen molar-refractivity contribution in [1.29, 1.82) is 0 Å². The van der Waals surface area contributed by atoms with E-state index in [0.29, 0.717) is 30.0 Å². The van der Waals surface area contributed by atoms with Crippen LogP contribution >= 0.6 is 0 Å². The van der Waals surface area contributed by atoms with Crippen LogP contribution in [0.4, 0.5) is 11.4 Å².